The van der Waals surface area contributed by atoms with Crippen molar-refractivity contribution in [1.29, 1.82) is 0 Å². The molecule has 2 aromatic heterocycles. The second-order valence-electron chi connectivity index (χ2n) is 5.26. The molecule has 6 nitrogen and oxygen atoms in total. The first kappa shape index (κ1) is 14.2. The van der Waals surface area contributed by atoms with Gasteiger partial charge in [0.05, 0.1) is 6.04 Å². The highest BCUT2D eigenvalue weighted by molar-refractivity contribution is 7.09. The zero-order chi connectivity index (χ0) is 14.7. The first-order valence-electron chi connectivity index (χ1n) is 7.12. The van der Waals surface area contributed by atoms with E-state index in [-0.39, 0.29) is 23.8 Å². The molecule has 0 bridgehead atoms. The Morgan fingerprint density at radius 1 is 1.67 bits per heavy atom. The molecule has 1 aliphatic heterocycles. The van der Waals surface area contributed by atoms with Gasteiger partial charge in [-0.3, -0.25) is 4.79 Å². The number of hydrogen-bond acceptors (Lipinski definition) is 6. The van der Waals surface area contributed by atoms with E-state index in [4.69, 9.17) is 4.52 Å². The Kier molecular flexibility index (Phi) is 4.31. The molecule has 1 aliphatic rings. The lowest BCUT2D eigenvalue weighted by atomic mass is 10.2. The van der Waals surface area contributed by atoms with Crippen molar-refractivity contribution in [2.24, 2.45) is 0 Å². The van der Waals surface area contributed by atoms with Crippen molar-refractivity contribution < 1.29 is 9.32 Å². The number of nitrogens with zero attached hydrogens (tertiary/aromatic N) is 2. The molecule has 112 valence electrons. The van der Waals surface area contributed by atoms with Crippen LogP contribution in [-0.2, 0) is 6.42 Å². The molecule has 0 saturated carbocycles. The van der Waals surface area contributed by atoms with E-state index in [0.717, 1.165) is 25.8 Å². The largest absolute Gasteiger partial charge is 0.346 e. The third-order valence-corrected chi connectivity index (χ3v) is 4.37. The van der Waals surface area contributed by atoms with E-state index >= 15 is 0 Å². The van der Waals surface area contributed by atoms with Crippen LogP contribution in [0.15, 0.2) is 22.0 Å². The van der Waals surface area contributed by atoms with Gasteiger partial charge in [-0.2, -0.15) is 4.98 Å². The lowest BCUT2D eigenvalue weighted by molar-refractivity contribution is 0.0926. The molecule has 2 aromatic rings. The van der Waals surface area contributed by atoms with Crippen LogP contribution in [-0.4, -0.2) is 28.6 Å². The summed E-state index contributed by atoms with van der Waals surface area (Å²) in [5.41, 5.74) is 0. The second kappa shape index (κ2) is 6.36. The molecule has 2 unspecified atom stereocenters. The Bertz CT molecular complexity index is 590. The average Bonchev–Trinajstić information content (AvgIpc) is 3.20. The van der Waals surface area contributed by atoms with E-state index in [1.54, 1.807) is 11.3 Å². The van der Waals surface area contributed by atoms with Crippen molar-refractivity contribution in [3.63, 3.8) is 0 Å². The smallest absolute Gasteiger partial charge is 0.292 e. The molecule has 21 heavy (non-hydrogen) atoms. The van der Waals surface area contributed by atoms with Crippen molar-refractivity contribution in [3.05, 3.63) is 34.1 Å². The van der Waals surface area contributed by atoms with Gasteiger partial charge in [0, 0.05) is 17.3 Å². The molecule has 3 heterocycles. The summed E-state index contributed by atoms with van der Waals surface area (Å²) in [4.78, 5) is 17.5. The quantitative estimate of drug-likeness (QED) is 0.882. The summed E-state index contributed by atoms with van der Waals surface area (Å²) >= 11 is 1.69. The maximum atomic E-state index is 12.1. The molecular weight excluding hydrogens is 288 g/mol. The minimum absolute atomic E-state index is 0.0303. The van der Waals surface area contributed by atoms with Gasteiger partial charge in [0.15, 0.2) is 0 Å². The monoisotopic (exact) mass is 306 g/mol. The fraction of sp³-hybridized carbons (Fsp3) is 0.500. The van der Waals surface area contributed by atoms with E-state index in [2.05, 4.69) is 26.8 Å². The number of carbonyl (C=O) groups excluding carboxylic acids is 1. The minimum atomic E-state index is -0.285. The first-order chi connectivity index (χ1) is 10.2. The fourth-order valence-electron chi connectivity index (χ4n) is 2.43. The van der Waals surface area contributed by atoms with Crippen molar-refractivity contribution in [1.82, 2.24) is 20.8 Å². The van der Waals surface area contributed by atoms with E-state index in [9.17, 15) is 4.79 Å². The predicted octanol–water partition coefficient (Wildman–Crippen LogP) is 1.92. The van der Waals surface area contributed by atoms with Crippen LogP contribution < -0.4 is 10.6 Å². The molecule has 1 amide bonds. The summed E-state index contributed by atoms with van der Waals surface area (Å²) in [6.07, 6.45) is 2.86. The lowest BCUT2D eigenvalue weighted by Crippen LogP contribution is -2.34. The van der Waals surface area contributed by atoms with Gasteiger partial charge >= 0.3 is 0 Å². The minimum Gasteiger partial charge on any atom is -0.346 e. The molecule has 1 fully saturated rings. The molecule has 2 atom stereocenters. The van der Waals surface area contributed by atoms with Gasteiger partial charge in [-0.15, -0.1) is 11.3 Å². The van der Waals surface area contributed by atoms with Crippen LogP contribution in [0.4, 0.5) is 0 Å². The standard InChI is InChI=1S/C14H18N4O2S/c1-9(8-10-4-3-7-21-10)16-13(19)12-17-14(20-18-12)11-5-2-6-15-11/h3-4,7,9,11,15H,2,5-6,8H2,1H3,(H,16,19). The van der Waals surface area contributed by atoms with Gasteiger partial charge in [0.2, 0.25) is 5.89 Å². The third kappa shape index (κ3) is 3.48. The number of thiophene rings is 1. The molecule has 0 radical (unpaired) electrons. The average molecular weight is 306 g/mol. The van der Waals surface area contributed by atoms with E-state index in [0.29, 0.717) is 5.89 Å². The van der Waals surface area contributed by atoms with Crippen LogP contribution in [0.2, 0.25) is 0 Å². The Labute approximate surface area is 126 Å². The maximum absolute atomic E-state index is 12.1. The molecule has 3 rings (SSSR count). The van der Waals surface area contributed by atoms with Crippen LogP contribution in [0.3, 0.4) is 0 Å². The second-order valence-corrected chi connectivity index (χ2v) is 6.30. The highest BCUT2D eigenvalue weighted by Gasteiger charge is 2.24. The summed E-state index contributed by atoms with van der Waals surface area (Å²) in [5, 5.41) is 12.0. The summed E-state index contributed by atoms with van der Waals surface area (Å²) in [5.74, 6) is 0.326. The summed E-state index contributed by atoms with van der Waals surface area (Å²) < 4.78 is 5.17. The van der Waals surface area contributed by atoms with Gasteiger partial charge < -0.3 is 15.2 Å². The molecule has 0 spiro atoms. The SMILES string of the molecule is CC(Cc1cccs1)NC(=O)c1noc(C2CCCN2)n1. The summed E-state index contributed by atoms with van der Waals surface area (Å²) in [7, 11) is 0. The lowest BCUT2D eigenvalue weighted by Gasteiger charge is -2.10. The van der Waals surface area contributed by atoms with Crippen molar-refractivity contribution in [2.75, 3.05) is 6.54 Å². The predicted molar refractivity (Wildman–Crippen MR) is 79.2 cm³/mol. The van der Waals surface area contributed by atoms with Crippen molar-refractivity contribution in [3.8, 4) is 0 Å². The topological polar surface area (TPSA) is 80.0 Å². The number of amides is 1. The van der Waals surface area contributed by atoms with Gasteiger partial charge in [-0.1, -0.05) is 11.2 Å². The normalized spacial score (nSPS) is 19.6. The molecule has 0 aromatic carbocycles. The molecule has 1 saturated heterocycles. The molecule has 2 N–H and O–H groups in total. The van der Waals surface area contributed by atoms with E-state index < -0.39 is 0 Å². The summed E-state index contributed by atoms with van der Waals surface area (Å²) in [6.45, 7) is 2.92. The van der Waals surface area contributed by atoms with Crippen LogP contribution in [0.25, 0.3) is 0 Å². The number of aromatic nitrogens is 2. The number of rotatable bonds is 5. The van der Waals surface area contributed by atoms with Gasteiger partial charge in [-0.25, -0.2) is 0 Å². The molecule has 0 aliphatic carbocycles. The Hall–Kier alpha value is -1.73. The molecule has 7 heteroatoms. The number of carbonyl (C=O) groups is 1. The van der Waals surface area contributed by atoms with E-state index in [1.807, 2.05) is 18.4 Å². The van der Waals surface area contributed by atoms with E-state index in [1.165, 1.54) is 4.88 Å². The zero-order valence-electron chi connectivity index (χ0n) is 11.8. The van der Waals surface area contributed by atoms with Crippen LogP contribution in [0, 0.1) is 0 Å². The third-order valence-electron chi connectivity index (χ3n) is 3.47. The Morgan fingerprint density at radius 2 is 2.57 bits per heavy atom. The Balaban J connectivity index is 1.57. The van der Waals surface area contributed by atoms with Gasteiger partial charge in [-0.05, 0) is 37.8 Å². The highest BCUT2D eigenvalue weighted by atomic mass is 32.1. The van der Waals surface area contributed by atoms with Crippen LogP contribution in [0.5, 0.6) is 0 Å². The summed E-state index contributed by atoms with van der Waals surface area (Å²) in [6, 6.07) is 4.19. The van der Waals surface area contributed by atoms with Crippen LogP contribution >= 0.6 is 11.3 Å². The van der Waals surface area contributed by atoms with Gasteiger partial charge in [0.25, 0.3) is 11.7 Å². The van der Waals surface area contributed by atoms with Crippen molar-refractivity contribution >= 4 is 17.2 Å². The van der Waals surface area contributed by atoms with Crippen LogP contribution in [0.1, 0.15) is 47.2 Å². The first-order valence-corrected chi connectivity index (χ1v) is 8.00. The van der Waals surface area contributed by atoms with Crippen molar-refractivity contribution in [2.45, 2.75) is 38.3 Å². The molecular formula is C14H18N4O2S. The number of nitrogens with one attached hydrogen (secondary N) is 2. The fourth-order valence-corrected chi connectivity index (χ4v) is 3.27. The number of hydrogen-bond donors (Lipinski definition) is 2. The highest BCUT2D eigenvalue weighted by Crippen LogP contribution is 2.21. The van der Waals surface area contributed by atoms with Gasteiger partial charge in [0.1, 0.15) is 0 Å². The Morgan fingerprint density at radius 3 is 3.29 bits per heavy atom. The maximum Gasteiger partial charge on any atom is 0.292 e. The zero-order valence-corrected chi connectivity index (χ0v) is 12.7.